The molecule has 0 bridgehead atoms. The van der Waals surface area contributed by atoms with Gasteiger partial charge in [0.25, 0.3) is 0 Å². The van der Waals surface area contributed by atoms with E-state index in [-0.39, 0.29) is 11.9 Å². The number of para-hydroxylation sites is 1. The molecule has 0 saturated carbocycles. The molecule has 5 heteroatoms. The Kier molecular flexibility index (Phi) is 7.40. The van der Waals surface area contributed by atoms with Gasteiger partial charge in [0.05, 0.1) is 19.8 Å². The SMILES string of the molecule is CNC(C)c1cccc(F)c1OCCOCCOC. The van der Waals surface area contributed by atoms with Crippen LogP contribution in [0, 0.1) is 5.82 Å². The standard InChI is InChI=1S/C14H22FNO3/c1-11(16-2)12-5-4-6-13(15)14(12)19-10-9-18-8-7-17-3/h4-6,11,16H,7-10H2,1-3H3. The molecule has 1 N–H and O–H groups in total. The maximum Gasteiger partial charge on any atom is 0.165 e. The van der Waals surface area contributed by atoms with Gasteiger partial charge in [-0.25, -0.2) is 4.39 Å². The summed E-state index contributed by atoms with van der Waals surface area (Å²) in [6, 6.07) is 4.96. The van der Waals surface area contributed by atoms with E-state index >= 15 is 0 Å². The van der Waals surface area contributed by atoms with Crippen molar-refractivity contribution in [2.24, 2.45) is 0 Å². The lowest BCUT2D eigenvalue weighted by Crippen LogP contribution is -2.16. The summed E-state index contributed by atoms with van der Waals surface area (Å²) in [4.78, 5) is 0. The number of rotatable bonds is 9. The summed E-state index contributed by atoms with van der Waals surface area (Å²) in [7, 11) is 3.44. The lowest BCUT2D eigenvalue weighted by atomic mass is 10.1. The molecule has 1 atom stereocenters. The molecule has 108 valence electrons. The Morgan fingerprint density at radius 2 is 1.95 bits per heavy atom. The number of methoxy groups -OCH3 is 1. The number of ether oxygens (including phenoxy) is 3. The van der Waals surface area contributed by atoms with E-state index in [9.17, 15) is 4.39 Å². The van der Waals surface area contributed by atoms with Crippen LogP contribution in [0.1, 0.15) is 18.5 Å². The van der Waals surface area contributed by atoms with Gasteiger partial charge in [0, 0.05) is 18.7 Å². The van der Waals surface area contributed by atoms with Gasteiger partial charge in [-0.2, -0.15) is 0 Å². The summed E-state index contributed by atoms with van der Waals surface area (Å²) in [6.07, 6.45) is 0. The zero-order valence-corrected chi connectivity index (χ0v) is 11.7. The monoisotopic (exact) mass is 271 g/mol. The van der Waals surface area contributed by atoms with Gasteiger partial charge in [-0.1, -0.05) is 12.1 Å². The number of hydrogen-bond donors (Lipinski definition) is 1. The molecule has 0 aromatic heterocycles. The molecule has 0 aliphatic heterocycles. The van der Waals surface area contributed by atoms with Crippen molar-refractivity contribution in [3.8, 4) is 5.75 Å². The quantitative estimate of drug-likeness (QED) is 0.699. The van der Waals surface area contributed by atoms with Crippen molar-refractivity contribution in [3.05, 3.63) is 29.6 Å². The molecule has 0 aliphatic carbocycles. The van der Waals surface area contributed by atoms with Gasteiger partial charge in [-0.3, -0.25) is 0 Å². The molecule has 0 heterocycles. The van der Waals surface area contributed by atoms with E-state index in [4.69, 9.17) is 14.2 Å². The highest BCUT2D eigenvalue weighted by molar-refractivity contribution is 5.37. The third-order valence-corrected chi connectivity index (χ3v) is 2.80. The molecule has 0 amide bonds. The van der Waals surface area contributed by atoms with E-state index in [1.54, 1.807) is 13.2 Å². The van der Waals surface area contributed by atoms with Gasteiger partial charge >= 0.3 is 0 Å². The van der Waals surface area contributed by atoms with E-state index < -0.39 is 0 Å². The van der Waals surface area contributed by atoms with Crippen molar-refractivity contribution < 1.29 is 18.6 Å². The normalized spacial score (nSPS) is 12.4. The summed E-state index contributed by atoms with van der Waals surface area (Å²) in [5.41, 5.74) is 0.805. The summed E-state index contributed by atoms with van der Waals surface area (Å²) in [6.45, 7) is 3.73. The van der Waals surface area contributed by atoms with Gasteiger partial charge in [-0.15, -0.1) is 0 Å². The van der Waals surface area contributed by atoms with Gasteiger partial charge in [0.1, 0.15) is 6.61 Å². The molecular formula is C14H22FNO3. The predicted octanol–water partition coefficient (Wildman–Crippen LogP) is 2.15. The Labute approximate surface area is 113 Å². The molecule has 0 spiro atoms. The molecule has 0 radical (unpaired) electrons. The average molecular weight is 271 g/mol. The molecule has 19 heavy (non-hydrogen) atoms. The van der Waals surface area contributed by atoms with Gasteiger partial charge in [0.2, 0.25) is 0 Å². The fourth-order valence-electron chi connectivity index (χ4n) is 1.62. The second-order valence-electron chi connectivity index (χ2n) is 4.12. The zero-order chi connectivity index (χ0) is 14.1. The van der Waals surface area contributed by atoms with E-state index in [1.807, 2.05) is 20.0 Å². The second kappa shape index (κ2) is 8.85. The van der Waals surface area contributed by atoms with Gasteiger partial charge in [0.15, 0.2) is 11.6 Å². The van der Waals surface area contributed by atoms with Crippen molar-refractivity contribution in [2.45, 2.75) is 13.0 Å². The smallest absolute Gasteiger partial charge is 0.165 e. The van der Waals surface area contributed by atoms with E-state index in [1.165, 1.54) is 6.07 Å². The minimum Gasteiger partial charge on any atom is -0.488 e. The van der Waals surface area contributed by atoms with Crippen LogP contribution in [0.2, 0.25) is 0 Å². The zero-order valence-electron chi connectivity index (χ0n) is 11.7. The molecule has 0 saturated heterocycles. The summed E-state index contributed by atoms with van der Waals surface area (Å²) in [5.74, 6) is -0.0591. The van der Waals surface area contributed by atoms with Crippen LogP contribution < -0.4 is 10.1 Å². The predicted molar refractivity (Wildman–Crippen MR) is 72.1 cm³/mol. The molecule has 4 nitrogen and oxygen atoms in total. The van der Waals surface area contributed by atoms with Crippen molar-refractivity contribution in [1.82, 2.24) is 5.32 Å². The average Bonchev–Trinajstić information content (AvgIpc) is 2.43. The number of benzene rings is 1. The topological polar surface area (TPSA) is 39.7 Å². The van der Waals surface area contributed by atoms with Crippen LogP contribution in [0.4, 0.5) is 4.39 Å². The van der Waals surface area contributed by atoms with E-state index in [0.717, 1.165) is 5.56 Å². The molecule has 0 aliphatic rings. The third-order valence-electron chi connectivity index (χ3n) is 2.80. The summed E-state index contributed by atoms with van der Waals surface area (Å²) >= 11 is 0. The van der Waals surface area contributed by atoms with Crippen molar-refractivity contribution in [1.29, 1.82) is 0 Å². The number of halogens is 1. The Morgan fingerprint density at radius 1 is 1.21 bits per heavy atom. The first-order valence-corrected chi connectivity index (χ1v) is 6.35. The molecule has 0 fully saturated rings. The Morgan fingerprint density at radius 3 is 2.63 bits per heavy atom. The second-order valence-corrected chi connectivity index (χ2v) is 4.12. The van der Waals surface area contributed by atoms with Crippen molar-refractivity contribution >= 4 is 0 Å². The Hall–Kier alpha value is -1.17. The fourth-order valence-corrected chi connectivity index (χ4v) is 1.62. The van der Waals surface area contributed by atoms with Crippen LogP contribution in [0.5, 0.6) is 5.75 Å². The lowest BCUT2D eigenvalue weighted by Gasteiger charge is -2.17. The highest BCUT2D eigenvalue weighted by atomic mass is 19.1. The van der Waals surface area contributed by atoms with E-state index in [2.05, 4.69) is 5.32 Å². The minimum atomic E-state index is -0.350. The van der Waals surface area contributed by atoms with Gasteiger partial charge < -0.3 is 19.5 Å². The molecule has 1 aromatic carbocycles. The first-order valence-electron chi connectivity index (χ1n) is 6.35. The van der Waals surface area contributed by atoms with Crippen molar-refractivity contribution in [3.63, 3.8) is 0 Å². The van der Waals surface area contributed by atoms with E-state index in [0.29, 0.717) is 32.2 Å². The number of nitrogens with one attached hydrogen (secondary N) is 1. The van der Waals surface area contributed by atoms with Crippen LogP contribution in [0.25, 0.3) is 0 Å². The Balaban J connectivity index is 2.52. The van der Waals surface area contributed by atoms with Crippen molar-refractivity contribution in [2.75, 3.05) is 40.6 Å². The van der Waals surface area contributed by atoms with Crippen LogP contribution >= 0.6 is 0 Å². The molecule has 1 unspecified atom stereocenters. The molecular weight excluding hydrogens is 249 g/mol. The van der Waals surface area contributed by atoms with Gasteiger partial charge in [-0.05, 0) is 20.0 Å². The maximum absolute atomic E-state index is 13.8. The largest absolute Gasteiger partial charge is 0.488 e. The summed E-state index contributed by atoms with van der Waals surface area (Å²) < 4.78 is 29.4. The van der Waals surface area contributed by atoms with Crippen LogP contribution in [-0.4, -0.2) is 40.6 Å². The highest BCUT2D eigenvalue weighted by Gasteiger charge is 2.14. The van der Waals surface area contributed by atoms with Crippen LogP contribution in [0.15, 0.2) is 18.2 Å². The maximum atomic E-state index is 13.8. The highest BCUT2D eigenvalue weighted by Crippen LogP contribution is 2.27. The van der Waals surface area contributed by atoms with Crippen LogP contribution in [0.3, 0.4) is 0 Å². The number of hydrogen-bond acceptors (Lipinski definition) is 4. The third kappa shape index (κ3) is 5.14. The molecule has 1 rings (SSSR count). The first-order chi connectivity index (χ1) is 9.20. The van der Waals surface area contributed by atoms with Crippen LogP contribution in [-0.2, 0) is 9.47 Å². The Bertz CT molecular complexity index is 374. The fraction of sp³-hybridized carbons (Fsp3) is 0.571. The minimum absolute atomic E-state index is 0.0279. The lowest BCUT2D eigenvalue weighted by molar-refractivity contribution is 0.0535. The first kappa shape index (κ1) is 15.9. The molecule has 1 aromatic rings. The summed E-state index contributed by atoms with van der Waals surface area (Å²) in [5, 5.41) is 3.07.